The summed E-state index contributed by atoms with van der Waals surface area (Å²) in [4.78, 5) is 17.6. The van der Waals surface area contributed by atoms with Gasteiger partial charge in [0.1, 0.15) is 12.4 Å². The van der Waals surface area contributed by atoms with Crippen LogP contribution < -0.4 is 15.8 Å². The number of nitrogens with zero attached hydrogens (tertiary/aromatic N) is 1. The zero-order chi connectivity index (χ0) is 19.8. The average Bonchev–Trinajstić information content (AvgIpc) is 2.75. The topological polar surface area (TPSA) is 85.9 Å². The van der Waals surface area contributed by atoms with E-state index in [2.05, 4.69) is 10.5 Å². The lowest BCUT2D eigenvalue weighted by atomic mass is 10.1. The van der Waals surface area contributed by atoms with Gasteiger partial charge in [-0.15, -0.1) is 0 Å². The number of nitrogens with one attached hydrogen (secondary N) is 1. The Bertz CT molecular complexity index is 937. The molecule has 0 heterocycles. The van der Waals surface area contributed by atoms with Crippen molar-refractivity contribution in [2.75, 3.05) is 12.4 Å². The van der Waals surface area contributed by atoms with Gasteiger partial charge in [-0.05, 0) is 42.0 Å². The van der Waals surface area contributed by atoms with E-state index in [1.807, 2.05) is 42.5 Å². The van der Waals surface area contributed by atoms with E-state index in [0.717, 1.165) is 16.9 Å². The fraction of sp³-hybridized carbons (Fsp3) is 0.0909. The maximum Gasteiger partial charge on any atom is 0.255 e. The van der Waals surface area contributed by atoms with E-state index in [1.165, 1.54) is 0 Å². The molecule has 0 atom stereocenters. The van der Waals surface area contributed by atoms with Gasteiger partial charge in [0.15, 0.2) is 5.84 Å². The van der Waals surface area contributed by atoms with Gasteiger partial charge in [0, 0.05) is 16.8 Å². The molecule has 0 saturated carbocycles. The van der Waals surface area contributed by atoms with Crippen LogP contribution in [0.2, 0.25) is 0 Å². The molecule has 142 valence electrons. The summed E-state index contributed by atoms with van der Waals surface area (Å²) in [6.45, 7) is 0.258. The van der Waals surface area contributed by atoms with Crippen molar-refractivity contribution in [3.05, 3.63) is 95.6 Å². The average molecular weight is 375 g/mol. The smallest absolute Gasteiger partial charge is 0.255 e. The van der Waals surface area contributed by atoms with Crippen molar-refractivity contribution >= 4 is 17.4 Å². The molecule has 0 saturated heterocycles. The molecule has 0 fully saturated rings. The summed E-state index contributed by atoms with van der Waals surface area (Å²) in [6, 6.07) is 23.7. The standard InChI is InChI=1S/C22H21N3O3/c1-27-20-13-11-19(12-14-20)24-22(26)18-9-7-16(8-10-18)15-28-25-21(23)17-5-3-2-4-6-17/h2-14H,15H2,1H3,(H2,23,25)(H,24,26). The van der Waals surface area contributed by atoms with Gasteiger partial charge in [-0.2, -0.15) is 0 Å². The van der Waals surface area contributed by atoms with Crippen molar-refractivity contribution in [2.45, 2.75) is 6.61 Å². The van der Waals surface area contributed by atoms with E-state index in [9.17, 15) is 4.79 Å². The summed E-state index contributed by atoms with van der Waals surface area (Å²) < 4.78 is 5.10. The molecule has 0 aromatic heterocycles. The number of ether oxygens (including phenoxy) is 1. The zero-order valence-corrected chi connectivity index (χ0v) is 15.5. The molecule has 6 nitrogen and oxygen atoms in total. The number of methoxy groups -OCH3 is 1. The Morgan fingerprint density at radius 2 is 1.61 bits per heavy atom. The first kappa shape index (κ1) is 19.0. The van der Waals surface area contributed by atoms with Crippen molar-refractivity contribution < 1.29 is 14.4 Å². The minimum Gasteiger partial charge on any atom is -0.497 e. The molecule has 3 aromatic rings. The van der Waals surface area contributed by atoms with Crippen molar-refractivity contribution in [3.8, 4) is 5.75 Å². The Hall–Kier alpha value is -3.80. The number of amidine groups is 1. The monoisotopic (exact) mass is 375 g/mol. The highest BCUT2D eigenvalue weighted by molar-refractivity contribution is 6.04. The minimum absolute atomic E-state index is 0.191. The third-order valence-corrected chi connectivity index (χ3v) is 4.03. The second-order valence-corrected chi connectivity index (χ2v) is 6.00. The van der Waals surface area contributed by atoms with Crippen LogP contribution in [0.25, 0.3) is 0 Å². The summed E-state index contributed by atoms with van der Waals surface area (Å²) in [5.74, 6) is 0.859. The highest BCUT2D eigenvalue weighted by atomic mass is 16.6. The van der Waals surface area contributed by atoms with E-state index >= 15 is 0 Å². The van der Waals surface area contributed by atoms with E-state index in [1.54, 1.807) is 43.5 Å². The predicted molar refractivity (Wildman–Crippen MR) is 109 cm³/mol. The molecular weight excluding hydrogens is 354 g/mol. The Labute approximate surface area is 163 Å². The number of carbonyl (C=O) groups excluding carboxylic acids is 1. The van der Waals surface area contributed by atoms with Gasteiger partial charge < -0.3 is 20.6 Å². The van der Waals surface area contributed by atoms with E-state index < -0.39 is 0 Å². The van der Waals surface area contributed by atoms with Gasteiger partial charge in [-0.25, -0.2) is 0 Å². The molecular formula is C22H21N3O3. The van der Waals surface area contributed by atoms with Crippen molar-refractivity contribution in [1.82, 2.24) is 0 Å². The maximum atomic E-state index is 12.3. The first-order valence-corrected chi connectivity index (χ1v) is 8.71. The molecule has 6 heteroatoms. The summed E-state index contributed by atoms with van der Waals surface area (Å²) in [5.41, 5.74) is 8.80. The lowest BCUT2D eigenvalue weighted by molar-refractivity contribution is 0.102. The number of carbonyl (C=O) groups is 1. The van der Waals surface area contributed by atoms with Crippen molar-refractivity contribution in [1.29, 1.82) is 0 Å². The first-order valence-electron chi connectivity index (χ1n) is 8.71. The molecule has 0 aliphatic carbocycles. The number of hydrogen-bond acceptors (Lipinski definition) is 4. The molecule has 1 amide bonds. The van der Waals surface area contributed by atoms with Crippen LogP contribution in [0.5, 0.6) is 5.75 Å². The molecule has 0 bridgehead atoms. The van der Waals surface area contributed by atoms with Gasteiger partial charge in [0.25, 0.3) is 5.91 Å². The van der Waals surface area contributed by atoms with Gasteiger partial charge in [-0.3, -0.25) is 4.79 Å². The second-order valence-electron chi connectivity index (χ2n) is 6.00. The fourth-order valence-electron chi connectivity index (χ4n) is 2.47. The molecule has 0 radical (unpaired) electrons. The van der Waals surface area contributed by atoms with Gasteiger partial charge in [-0.1, -0.05) is 47.6 Å². The quantitative estimate of drug-likeness (QED) is 0.374. The van der Waals surface area contributed by atoms with Crippen LogP contribution in [0.15, 0.2) is 84.0 Å². The van der Waals surface area contributed by atoms with E-state index in [4.69, 9.17) is 15.3 Å². The van der Waals surface area contributed by atoms with Crippen molar-refractivity contribution in [2.24, 2.45) is 10.9 Å². The van der Waals surface area contributed by atoms with Gasteiger partial charge >= 0.3 is 0 Å². The molecule has 28 heavy (non-hydrogen) atoms. The van der Waals surface area contributed by atoms with Gasteiger partial charge in [0.2, 0.25) is 0 Å². The Morgan fingerprint density at radius 1 is 0.929 bits per heavy atom. The van der Waals surface area contributed by atoms with Crippen LogP contribution in [0.4, 0.5) is 5.69 Å². The number of hydrogen-bond donors (Lipinski definition) is 2. The summed E-state index contributed by atoms with van der Waals surface area (Å²) in [7, 11) is 1.60. The summed E-state index contributed by atoms with van der Waals surface area (Å²) in [6.07, 6.45) is 0. The number of benzene rings is 3. The maximum absolute atomic E-state index is 12.3. The number of oxime groups is 1. The molecule has 0 aliphatic heterocycles. The molecule has 3 rings (SSSR count). The highest BCUT2D eigenvalue weighted by Crippen LogP contribution is 2.16. The SMILES string of the molecule is COc1ccc(NC(=O)c2ccc(CO/N=C(\N)c3ccccc3)cc2)cc1. The molecule has 3 N–H and O–H groups in total. The lowest BCUT2D eigenvalue weighted by Gasteiger charge is -2.07. The predicted octanol–water partition coefficient (Wildman–Crippen LogP) is 3.78. The Morgan fingerprint density at radius 3 is 2.25 bits per heavy atom. The Kier molecular flexibility index (Phi) is 6.25. The molecule has 0 unspecified atom stereocenters. The van der Waals surface area contributed by atoms with Crippen LogP contribution in [-0.2, 0) is 11.4 Å². The van der Waals surface area contributed by atoms with E-state index in [0.29, 0.717) is 17.1 Å². The number of nitrogens with two attached hydrogens (primary N) is 1. The number of anilines is 1. The fourth-order valence-corrected chi connectivity index (χ4v) is 2.47. The lowest BCUT2D eigenvalue weighted by Crippen LogP contribution is -2.13. The van der Waals surface area contributed by atoms with Crippen LogP contribution in [0, 0.1) is 0 Å². The highest BCUT2D eigenvalue weighted by Gasteiger charge is 2.06. The van der Waals surface area contributed by atoms with Crippen LogP contribution in [0.1, 0.15) is 21.5 Å². The van der Waals surface area contributed by atoms with Crippen molar-refractivity contribution in [3.63, 3.8) is 0 Å². The zero-order valence-electron chi connectivity index (χ0n) is 15.5. The van der Waals surface area contributed by atoms with Crippen LogP contribution in [0.3, 0.4) is 0 Å². The van der Waals surface area contributed by atoms with Crippen LogP contribution in [-0.4, -0.2) is 18.9 Å². The normalized spacial score (nSPS) is 11.0. The minimum atomic E-state index is -0.191. The second kappa shape index (κ2) is 9.23. The summed E-state index contributed by atoms with van der Waals surface area (Å²) in [5, 5.41) is 6.76. The number of rotatable bonds is 7. The largest absolute Gasteiger partial charge is 0.497 e. The molecule has 0 aliphatic rings. The third-order valence-electron chi connectivity index (χ3n) is 4.03. The van der Waals surface area contributed by atoms with Gasteiger partial charge in [0.05, 0.1) is 7.11 Å². The number of amides is 1. The molecule has 3 aromatic carbocycles. The van der Waals surface area contributed by atoms with Crippen LogP contribution >= 0.6 is 0 Å². The molecule has 0 spiro atoms. The third kappa shape index (κ3) is 5.11. The summed E-state index contributed by atoms with van der Waals surface area (Å²) >= 11 is 0. The van der Waals surface area contributed by atoms with E-state index in [-0.39, 0.29) is 12.5 Å². The Balaban J connectivity index is 1.54. The first-order chi connectivity index (χ1) is 13.7.